The average Bonchev–Trinajstić information content (AvgIpc) is 2.77. The summed E-state index contributed by atoms with van der Waals surface area (Å²) >= 11 is 1.14. The van der Waals surface area contributed by atoms with Gasteiger partial charge in [-0.2, -0.15) is 0 Å². The van der Waals surface area contributed by atoms with Crippen molar-refractivity contribution in [3.05, 3.63) is 29.8 Å². The van der Waals surface area contributed by atoms with E-state index >= 15 is 0 Å². The van der Waals surface area contributed by atoms with E-state index in [2.05, 4.69) is 20.8 Å². The summed E-state index contributed by atoms with van der Waals surface area (Å²) in [7, 11) is 1.65. The van der Waals surface area contributed by atoms with Crippen LogP contribution in [0.25, 0.3) is 0 Å². The van der Waals surface area contributed by atoms with Gasteiger partial charge in [0, 0.05) is 18.8 Å². The summed E-state index contributed by atoms with van der Waals surface area (Å²) in [5, 5.41) is 13.7. The zero-order valence-electron chi connectivity index (χ0n) is 9.80. The fourth-order valence-electron chi connectivity index (χ4n) is 1.24. The third-order valence-corrected chi connectivity index (χ3v) is 3.13. The van der Waals surface area contributed by atoms with Crippen molar-refractivity contribution < 1.29 is 13.6 Å². The molecule has 0 radical (unpaired) electrons. The normalized spacial score (nSPS) is 10.5. The van der Waals surface area contributed by atoms with Crippen molar-refractivity contribution >= 4 is 23.4 Å². The second-order valence-corrected chi connectivity index (χ2v) is 4.49. The summed E-state index contributed by atoms with van der Waals surface area (Å²) < 4.78 is 27.1. The van der Waals surface area contributed by atoms with Crippen LogP contribution in [0.3, 0.4) is 0 Å². The van der Waals surface area contributed by atoms with Crippen LogP contribution in [0.5, 0.6) is 0 Å². The Kier molecular flexibility index (Phi) is 4.05. The van der Waals surface area contributed by atoms with Crippen LogP contribution < -0.4 is 5.32 Å². The van der Waals surface area contributed by atoms with E-state index in [4.69, 9.17) is 0 Å². The summed E-state index contributed by atoms with van der Waals surface area (Å²) in [5.41, 5.74) is 0.195. The molecule has 1 aromatic carbocycles. The molecule has 19 heavy (non-hydrogen) atoms. The molecule has 0 aliphatic heterocycles. The summed E-state index contributed by atoms with van der Waals surface area (Å²) in [5.74, 6) is -2.27. The van der Waals surface area contributed by atoms with Gasteiger partial charge in [0.05, 0.1) is 5.75 Å². The molecule has 0 atom stereocenters. The molecule has 1 N–H and O–H groups in total. The quantitative estimate of drug-likeness (QED) is 0.855. The zero-order valence-corrected chi connectivity index (χ0v) is 10.6. The first kappa shape index (κ1) is 13.4. The van der Waals surface area contributed by atoms with E-state index in [1.54, 1.807) is 7.05 Å². The van der Waals surface area contributed by atoms with Crippen LogP contribution in [0.2, 0.25) is 0 Å². The number of carbonyl (C=O) groups excluding carboxylic acids is 1. The van der Waals surface area contributed by atoms with Crippen molar-refractivity contribution in [3.8, 4) is 0 Å². The van der Waals surface area contributed by atoms with Gasteiger partial charge in [-0.15, -0.1) is 5.10 Å². The van der Waals surface area contributed by atoms with Gasteiger partial charge in [0.1, 0.15) is 0 Å². The van der Waals surface area contributed by atoms with E-state index in [-0.39, 0.29) is 17.3 Å². The van der Waals surface area contributed by atoms with E-state index in [1.807, 2.05) is 0 Å². The molecule has 9 heteroatoms. The molecule has 1 heterocycles. The van der Waals surface area contributed by atoms with Crippen molar-refractivity contribution in [2.75, 3.05) is 11.1 Å². The first-order chi connectivity index (χ1) is 9.06. The number of thioether (sulfide) groups is 1. The molecule has 0 unspecified atom stereocenters. The van der Waals surface area contributed by atoms with Crippen molar-refractivity contribution in [1.82, 2.24) is 20.2 Å². The Balaban J connectivity index is 1.91. The van der Waals surface area contributed by atoms with E-state index < -0.39 is 11.6 Å². The highest BCUT2D eigenvalue weighted by Crippen LogP contribution is 2.15. The molecule has 100 valence electrons. The van der Waals surface area contributed by atoms with E-state index in [0.29, 0.717) is 5.16 Å². The van der Waals surface area contributed by atoms with Crippen LogP contribution in [0.1, 0.15) is 0 Å². The number of rotatable bonds is 4. The molecule has 0 spiro atoms. The predicted molar refractivity (Wildman–Crippen MR) is 64.5 cm³/mol. The third-order valence-electron chi connectivity index (χ3n) is 2.12. The summed E-state index contributed by atoms with van der Waals surface area (Å²) in [6.07, 6.45) is 0. The van der Waals surface area contributed by atoms with Crippen LogP contribution in [0, 0.1) is 11.6 Å². The number of aromatic nitrogens is 4. The fraction of sp³-hybridized carbons (Fsp3) is 0.200. The molecule has 0 aliphatic rings. The van der Waals surface area contributed by atoms with Gasteiger partial charge in [-0.3, -0.25) is 4.79 Å². The summed E-state index contributed by atoms with van der Waals surface area (Å²) in [6.45, 7) is 0. The van der Waals surface area contributed by atoms with E-state index in [0.717, 1.165) is 23.9 Å². The lowest BCUT2D eigenvalue weighted by molar-refractivity contribution is -0.113. The fourth-order valence-corrected chi connectivity index (χ4v) is 1.89. The molecule has 0 fully saturated rings. The van der Waals surface area contributed by atoms with E-state index in [9.17, 15) is 13.6 Å². The number of amides is 1. The Hall–Kier alpha value is -2.03. The number of nitrogens with zero attached hydrogens (tertiary/aromatic N) is 4. The smallest absolute Gasteiger partial charge is 0.234 e. The molecule has 2 rings (SSSR count). The van der Waals surface area contributed by atoms with Gasteiger partial charge < -0.3 is 5.32 Å². The topological polar surface area (TPSA) is 72.7 Å². The minimum absolute atomic E-state index is 0.0627. The number of halogens is 2. The predicted octanol–water partition coefficient (Wildman–Crippen LogP) is 1.22. The van der Waals surface area contributed by atoms with Gasteiger partial charge >= 0.3 is 0 Å². The lowest BCUT2D eigenvalue weighted by atomic mass is 10.3. The molecule has 0 aliphatic carbocycles. The molecule has 1 amide bonds. The highest BCUT2D eigenvalue weighted by atomic mass is 32.2. The Morgan fingerprint density at radius 3 is 2.84 bits per heavy atom. The average molecular weight is 285 g/mol. The van der Waals surface area contributed by atoms with Crippen molar-refractivity contribution in [3.63, 3.8) is 0 Å². The number of nitrogens with one attached hydrogen (secondary N) is 1. The van der Waals surface area contributed by atoms with Gasteiger partial charge in [0.25, 0.3) is 0 Å². The number of hydrogen-bond acceptors (Lipinski definition) is 5. The third kappa shape index (κ3) is 3.47. The first-order valence-corrected chi connectivity index (χ1v) is 6.15. The monoisotopic (exact) mass is 285 g/mol. The van der Waals surface area contributed by atoms with Crippen LogP contribution in [-0.4, -0.2) is 31.9 Å². The second kappa shape index (κ2) is 5.74. The van der Waals surface area contributed by atoms with Crippen molar-refractivity contribution in [2.45, 2.75) is 5.16 Å². The minimum Gasteiger partial charge on any atom is -0.325 e. The number of aryl methyl sites for hydroxylation is 1. The largest absolute Gasteiger partial charge is 0.325 e. The summed E-state index contributed by atoms with van der Waals surface area (Å²) in [4.78, 5) is 11.6. The second-order valence-electron chi connectivity index (χ2n) is 3.55. The summed E-state index contributed by atoms with van der Waals surface area (Å²) in [6, 6.07) is 3.15. The number of carbonyl (C=O) groups is 1. The van der Waals surface area contributed by atoms with Crippen LogP contribution in [0.15, 0.2) is 23.4 Å². The van der Waals surface area contributed by atoms with Crippen LogP contribution in [0.4, 0.5) is 14.5 Å². The van der Waals surface area contributed by atoms with Gasteiger partial charge in [-0.05, 0) is 22.6 Å². The lowest BCUT2D eigenvalue weighted by Gasteiger charge is -2.04. The maximum absolute atomic E-state index is 12.9. The van der Waals surface area contributed by atoms with Gasteiger partial charge in [-0.1, -0.05) is 11.8 Å². The zero-order chi connectivity index (χ0) is 13.8. The Morgan fingerprint density at radius 2 is 2.21 bits per heavy atom. The Labute approximate surface area is 111 Å². The molecule has 2 aromatic rings. The highest BCUT2D eigenvalue weighted by Gasteiger charge is 2.09. The van der Waals surface area contributed by atoms with Crippen LogP contribution in [-0.2, 0) is 11.8 Å². The lowest BCUT2D eigenvalue weighted by Crippen LogP contribution is -2.14. The molecule has 0 bridgehead atoms. The number of anilines is 1. The highest BCUT2D eigenvalue weighted by molar-refractivity contribution is 7.99. The molecular weight excluding hydrogens is 276 g/mol. The first-order valence-electron chi connectivity index (χ1n) is 5.16. The molecule has 6 nitrogen and oxygen atoms in total. The van der Waals surface area contributed by atoms with Gasteiger partial charge in [-0.25, -0.2) is 13.5 Å². The maximum atomic E-state index is 12.9. The minimum atomic E-state index is -1.01. The number of benzene rings is 1. The number of hydrogen-bond donors (Lipinski definition) is 1. The molecule has 0 saturated heterocycles. The molecule has 1 aromatic heterocycles. The molecule has 0 saturated carbocycles. The maximum Gasteiger partial charge on any atom is 0.234 e. The van der Waals surface area contributed by atoms with Crippen molar-refractivity contribution in [1.29, 1.82) is 0 Å². The Bertz CT molecular complexity index is 603. The number of tetrazole rings is 1. The Morgan fingerprint density at radius 1 is 1.42 bits per heavy atom. The van der Waals surface area contributed by atoms with Gasteiger partial charge in [0.15, 0.2) is 11.6 Å². The molecular formula is C10H9F2N5OS. The van der Waals surface area contributed by atoms with Crippen molar-refractivity contribution in [2.24, 2.45) is 7.05 Å². The van der Waals surface area contributed by atoms with Crippen LogP contribution >= 0.6 is 11.8 Å². The van der Waals surface area contributed by atoms with E-state index in [1.165, 1.54) is 10.7 Å². The standard InChI is InChI=1S/C10H9F2N5OS/c1-17-10(14-15-16-17)19-5-9(18)13-6-2-3-7(11)8(12)4-6/h2-4H,5H2,1H3,(H,13,18). The SMILES string of the molecule is Cn1nnnc1SCC(=O)Nc1ccc(F)c(F)c1. The van der Waals surface area contributed by atoms with Gasteiger partial charge in [0.2, 0.25) is 11.1 Å².